The van der Waals surface area contributed by atoms with Crippen LogP contribution in [0.25, 0.3) is 0 Å². The molecule has 0 radical (unpaired) electrons. The first-order valence-corrected chi connectivity index (χ1v) is 7.13. The Labute approximate surface area is 129 Å². The number of aromatic nitrogens is 2. The van der Waals surface area contributed by atoms with E-state index in [4.69, 9.17) is 23.2 Å². The van der Waals surface area contributed by atoms with Gasteiger partial charge in [0.1, 0.15) is 0 Å². The van der Waals surface area contributed by atoms with Crippen LogP contribution >= 0.6 is 23.2 Å². The molecule has 1 N–H and O–H groups in total. The minimum atomic E-state index is 0.0325. The Kier molecular flexibility index (Phi) is 4.73. The van der Waals surface area contributed by atoms with Crippen LogP contribution in [-0.2, 0) is 6.54 Å². The van der Waals surface area contributed by atoms with Gasteiger partial charge in [-0.2, -0.15) is 0 Å². The van der Waals surface area contributed by atoms with Crippen molar-refractivity contribution in [2.24, 2.45) is 0 Å². The van der Waals surface area contributed by atoms with Gasteiger partial charge in [0, 0.05) is 22.8 Å². The van der Waals surface area contributed by atoms with Gasteiger partial charge < -0.3 is 9.88 Å². The Bertz CT molecular complexity index is 620. The van der Waals surface area contributed by atoms with E-state index in [-0.39, 0.29) is 6.04 Å². The average Bonchev–Trinajstić information content (AvgIpc) is 2.69. The van der Waals surface area contributed by atoms with Gasteiger partial charge in [0.05, 0.1) is 11.7 Å². The minimum Gasteiger partial charge on any atom is -0.349 e. The first-order valence-electron chi connectivity index (χ1n) is 6.37. The van der Waals surface area contributed by atoms with Crippen LogP contribution in [0.1, 0.15) is 24.2 Å². The van der Waals surface area contributed by atoms with Crippen molar-refractivity contribution in [2.45, 2.75) is 26.4 Å². The number of hydrogen-bond acceptors (Lipinski definition) is 2. The average molecular weight is 310 g/mol. The Morgan fingerprint density at radius 2 is 2.20 bits per heavy atom. The van der Waals surface area contributed by atoms with Gasteiger partial charge in [0.15, 0.2) is 0 Å². The fraction of sp³-hybridized carbons (Fsp3) is 0.267. The fourth-order valence-corrected chi connectivity index (χ4v) is 2.64. The van der Waals surface area contributed by atoms with Gasteiger partial charge >= 0.3 is 0 Å². The lowest BCUT2D eigenvalue weighted by Gasteiger charge is -2.17. The van der Waals surface area contributed by atoms with Gasteiger partial charge in [-0.05, 0) is 31.5 Å². The third-order valence-corrected chi connectivity index (χ3v) is 3.56. The van der Waals surface area contributed by atoms with E-state index in [0.717, 1.165) is 17.2 Å². The smallest absolute Gasteiger partial charge is 0.203 e. The predicted molar refractivity (Wildman–Crippen MR) is 85.7 cm³/mol. The summed E-state index contributed by atoms with van der Waals surface area (Å²) in [5.41, 5.74) is 1.95. The lowest BCUT2D eigenvalue weighted by molar-refractivity contribution is 0.784. The summed E-state index contributed by atoms with van der Waals surface area (Å²) in [7, 11) is 0. The van der Waals surface area contributed by atoms with Crippen LogP contribution in [0.2, 0.25) is 10.0 Å². The molecule has 5 heteroatoms. The minimum absolute atomic E-state index is 0.0325. The molecule has 0 amide bonds. The Morgan fingerprint density at radius 3 is 2.85 bits per heavy atom. The second-order valence-corrected chi connectivity index (χ2v) is 5.52. The van der Waals surface area contributed by atoms with Crippen LogP contribution in [0.15, 0.2) is 37.1 Å². The van der Waals surface area contributed by atoms with Crippen molar-refractivity contribution < 1.29 is 0 Å². The van der Waals surface area contributed by atoms with E-state index in [1.54, 1.807) is 6.07 Å². The molecule has 1 unspecified atom stereocenters. The van der Waals surface area contributed by atoms with E-state index in [2.05, 4.69) is 16.9 Å². The highest BCUT2D eigenvalue weighted by atomic mass is 35.5. The van der Waals surface area contributed by atoms with Crippen molar-refractivity contribution >= 4 is 29.2 Å². The third kappa shape index (κ3) is 3.35. The van der Waals surface area contributed by atoms with E-state index in [0.29, 0.717) is 16.6 Å². The summed E-state index contributed by atoms with van der Waals surface area (Å²) >= 11 is 12.1. The van der Waals surface area contributed by atoms with Crippen LogP contribution in [0.4, 0.5) is 5.95 Å². The third-order valence-electron chi connectivity index (χ3n) is 3.00. The highest BCUT2D eigenvalue weighted by molar-refractivity contribution is 6.35. The first kappa shape index (κ1) is 14.9. The summed E-state index contributed by atoms with van der Waals surface area (Å²) in [4.78, 5) is 4.48. The molecule has 1 atom stereocenters. The highest BCUT2D eigenvalue weighted by Gasteiger charge is 2.13. The van der Waals surface area contributed by atoms with Crippen molar-refractivity contribution in [3.8, 4) is 0 Å². The molecule has 2 rings (SSSR count). The molecule has 20 heavy (non-hydrogen) atoms. The largest absolute Gasteiger partial charge is 0.349 e. The van der Waals surface area contributed by atoms with Crippen molar-refractivity contribution in [3.05, 3.63) is 58.4 Å². The van der Waals surface area contributed by atoms with Crippen molar-refractivity contribution in [1.29, 1.82) is 0 Å². The topological polar surface area (TPSA) is 29.9 Å². The van der Waals surface area contributed by atoms with Gasteiger partial charge in [-0.3, -0.25) is 0 Å². The van der Waals surface area contributed by atoms with E-state index >= 15 is 0 Å². The number of allylic oxidation sites excluding steroid dienone is 1. The molecule has 106 valence electrons. The molecule has 1 aromatic heterocycles. The molecular weight excluding hydrogens is 293 g/mol. The fourth-order valence-electron chi connectivity index (χ4n) is 2.06. The summed E-state index contributed by atoms with van der Waals surface area (Å²) < 4.78 is 2.02. The molecule has 0 fully saturated rings. The van der Waals surface area contributed by atoms with Gasteiger partial charge in [0.2, 0.25) is 5.95 Å². The number of hydrogen-bond donors (Lipinski definition) is 1. The van der Waals surface area contributed by atoms with Crippen LogP contribution in [0.5, 0.6) is 0 Å². The second-order valence-electron chi connectivity index (χ2n) is 4.68. The van der Waals surface area contributed by atoms with Gasteiger partial charge in [-0.1, -0.05) is 35.3 Å². The number of nitrogens with zero attached hydrogens (tertiary/aromatic N) is 2. The van der Waals surface area contributed by atoms with Crippen molar-refractivity contribution in [3.63, 3.8) is 0 Å². The molecule has 0 aliphatic heterocycles. The quantitative estimate of drug-likeness (QED) is 0.799. The highest BCUT2D eigenvalue weighted by Crippen LogP contribution is 2.28. The molecule has 1 aromatic carbocycles. The number of halogens is 2. The molecule has 0 aliphatic carbocycles. The number of nitrogens with one attached hydrogen (secondary N) is 1. The summed E-state index contributed by atoms with van der Waals surface area (Å²) in [6, 6.07) is 5.54. The molecule has 0 aliphatic rings. The number of rotatable bonds is 5. The van der Waals surface area contributed by atoms with Gasteiger partial charge in [0.25, 0.3) is 0 Å². The SMILES string of the molecule is C=CCn1cc(C)nc1NC(C)c1ccc(Cl)cc1Cl. The second kappa shape index (κ2) is 6.33. The number of anilines is 1. The van der Waals surface area contributed by atoms with Crippen LogP contribution in [-0.4, -0.2) is 9.55 Å². The molecule has 0 spiro atoms. The van der Waals surface area contributed by atoms with Crippen LogP contribution < -0.4 is 5.32 Å². The maximum absolute atomic E-state index is 6.23. The molecule has 3 nitrogen and oxygen atoms in total. The number of aryl methyl sites for hydroxylation is 1. The van der Waals surface area contributed by atoms with Gasteiger partial charge in [-0.25, -0.2) is 4.98 Å². The molecule has 1 heterocycles. The maximum Gasteiger partial charge on any atom is 0.203 e. The van der Waals surface area contributed by atoms with E-state index in [1.165, 1.54) is 0 Å². The lowest BCUT2D eigenvalue weighted by atomic mass is 10.1. The molecule has 0 bridgehead atoms. The number of imidazole rings is 1. The standard InChI is InChI=1S/C15H17Cl2N3/c1-4-7-20-9-10(2)18-15(20)19-11(3)13-6-5-12(16)8-14(13)17/h4-6,8-9,11H,1,7H2,2-3H3,(H,18,19). The molecular formula is C15H17Cl2N3. The number of benzene rings is 1. The van der Waals surface area contributed by atoms with E-state index in [1.807, 2.05) is 42.8 Å². The molecule has 0 saturated heterocycles. The summed E-state index contributed by atoms with van der Waals surface area (Å²) in [5.74, 6) is 0.806. The Hall–Kier alpha value is -1.45. The van der Waals surface area contributed by atoms with E-state index < -0.39 is 0 Å². The van der Waals surface area contributed by atoms with Gasteiger partial charge in [-0.15, -0.1) is 6.58 Å². The zero-order valence-electron chi connectivity index (χ0n) is 11.5. The Balaban J connectivity index is 2.22. The maximum atomic E-state index is 6.23. The molecule has 0 saturated carbocycles. The van der Waals surface area contributed by atoms with Crippen molar-refractivity contribution in [2.75, 3.05) is 5.32 Å². The Morgan fingerprint density at radius 1 is 1.45 bits per heavy atom. The zero-order valence-corrected chi connectivity index (χ0v) is 13.0. The monoisotopic (exact) mass is 309 g/mol. The van der Waals surface area contributed by atoms with Crippen LogP contribution in [0, 0.1) is 6.92 Å². The summed E-state index contributed by atoms with van der Waals surface area (Å²) in [6.07, 6.45) is 3.83. The van der Waals surface area contributed by atoms with Crippen LogP contribution in [0.3, 0.4) is 0 Å². The summed E-state index contributed by atoms with van der Waals surface area (Å²) in [5, 5.41) is 4.65. The van der Waals surface area contributed by atoms with Crippen molar-refractivity contribution in [1.82, 2.24) is 9.55 Å². The lowest BCUT2D eigenvalue weighted by Crippen LogP contribution is -2.11. The predicted octanol–water partition coefficient (Wildman–Crippen LogP) is 4.86. The van der Waals surface area contributed by atoms with E-state index in [9.17, 15) is 0 Å². The normalized spacial score (nSPS) is 12.2. The first-order chi connectivity index (χ1) is 9.51. The molecule has 2 aromatic rings. The zero-order chi connectivity index (χ0) is 14.7. The summed E-state index contributed by atoms with van der Waals surface area (Å²) in [6.45, 7) is 8.47.